The predicted octanol–water partition coefficient (Wildman–Crippen LogP) is 5.80. The normalized spacial score (nSPS) is 11.0. The van der Waals surface area contributed by atoms with Crippen LogP contribution in [-0.2, 0) is 0 Å². The maximum atomic E-state index is 12.4. The Balaban J connectivity index is 2.78. The van der Waals surface area contributed by atoms with Crippen LogP contribution in [0, 0.1) is 5.92 Å². The van der Waals surface area contributed by atoms with Crippen molar-refractivity contribution in [3.8, 4) is 17.2 Å². The predicted molar refractivity (Wildman–Crippen MR) is 102 cm³/mol. The molecule has 4 heteroatoms. The SMILES string of the molecule is C=C(c1c(O)cc(O)c(C(=O)CCCCCCCCC)c1O)C(C)C. The van der Waals surface area contributed by atoms with E-state index in [2.05, 4.69) is 13.5 Å². The van der Waals surface area contributed by atoms with Crippen molar-refractivity contribution < 1.29 is 20.1 Å². The second-order valence-electron chi connectivity index (χ2n) is 6.99. The van der Waals surface area contributed by atoms with Crippen LogP contribution in [0.3, 0.4) is 0 Å². The fourth-order valence-corrected chi connectivity index (χ4v) is 2.89. The van der Waals surface area contributed by atoms with E-state index in [9.17, 15) is 20.1 Å². The van der Waals surface area contributed by atoms with Crippen LogP contribution >= 0.6 is 0 Å². The van der Waals surface area contributed by atoms with Gasteiger partial charge >= 0.3 is 0 Å². The number of allylic oxidation sites excluding steroid dienone is 1. The van der Waals surface area contributed by atoms with Crippen molar-refractivity contribution in [1.82, 2.24) is 0 Å². The minimum absolute atomic E-state index is 0.00702. The van der Waals surface area contributed by atoms with Crippen molar-refractivity contribution in [3.05, 3.63) is 23.8 Å². The molecule has 0 spiro atoms. The molecule has 0 aliphatic rings. The molecule has 1 aromatic rings. The Kier molecular flexibility index (Phi) is 8.53. The van der Waals surface area contributed by atoms with Crippen LogP contribution in [0.1, 0.15) is 88.1 Å². The van der Waals surface area contributed by atoms with Gasteiger partial charge in [0.1, 0.15) is 22.8 Å². The van der Waals surface area contributed by atoms with Crippen LogP contribution in [0.4, 0.5) is 0 Å². The van der Waals surface area contributed by atoms with Gasteiger partial charge in [-0.25, -0.2) is 0 Å². The molecule has 1 rings (SSSR count). The average molecular weight is 348 g/mol. The smallest absolute Gasteiger partial charge is 0.170 e. The molecule has 0 saturated heterocycles. The lowest BCUT2D eigenvalue weighted by Crippen LogP contribution is -2.03. The van der Waals surface area contributed by atoms with Crippen LogP contribution in [0.2, 0.25) is 0 Å². The summed E-state index contributed by atoms with van der Waals surface area (Å²) >= 11 is 0. The van der Waals surface area contributed by atoms with Gasteiger partial charge in [0.05, 0.1) is 5.56 Å². The summed E-state index contributed by atoms with van der Waals surface area (Å²) < 4.78 is 0. The van der Waals surface area contributed by atoms with Gasteiger partial charge in [0.15, 0.2) is 5.78 Å². The number of rotatable bonds is 11. The fourth-order valence-electron chi connectivity index (χ4n) is 2.89. The van der Waals surface area contributed by atoms with E-state index in [1.54, 1.807) is 0 Å². The molecule has 0 aliphatic carbocycles. The van der Waals surface area contributed by atoms with Crippen molar-refractivity contribution in [3.63, 3.8) is 0 Å². The van der Waals surface area contributed by atoms with Crippen LogP contribution in [-0.4, -0.2) is 21.1 Å². The number of Topliss-reactive ketones (excluding diaryl/α,β-unsaturated/α-hetero) is 1. The van der Waals surface area contributed by atoms with E-state index in [-0.39, 0.29) is 46.5 Å². The van der Waals surface area contributed by atoms with Crippen molar-refractivity contribution in [2.24, 2.45) is 5.92 Å². The summed E-state index contributed by atoms with van der Waals surface area (Å²) in [5.41, 5.74) is 0.566. The molecule has 0 aliphatic heterocycles. The zero-order valence-electron chi connectivity index (χ0n) is 15.8. The minimum Gasteiger partial charge on any atom is -0.507 e. The van der Waals surface area contributed by atoms with Crippen LogP contribution in [0.25, 0.3) is 5.57 Å². The summed E-state index contributed by atoms with van der Waals surface area (Å²) in [5.74, 6) is -1.33. The van der Waals surface area contributed by atoms with E-state index in [0.717, 1.165) is 25.3 Å². The van der Waals surface area contributed by atoms with Gasteiger partial charge in [-0.3, -0.25) is 4.79 Å². The number of ketones is 1. The Morgan fingerprint density at radius 2 is 1.48 bits per heavy atom. The molecule has 0 bridgehead atoms. The first-order valence-electron chi connectivity index (χ1n) is 9.31. The van der Waals surface area contributed by atoms with E-state index in [1.807, 2.05) is 13.8 Å². The highest BCUT2D eigenvalue weighted by Gasteiger charge is 2.24. The van der Waals surface area contributed by atoms with Crippen LogP contribution in [0.15, 0.2) is 12.6 Å². The van der Waals surface area contributed by atoms with Crippen LogP contribution < -0.4 is 0 Å². The molecule has 0 heterocycles. The minimum atomic E-state index is -0.386. The van der Waals surface area contributed by atoms with E-state index >= 15 is 0 Å². The topological polar surface area (TPSA) is 77.8 Å². The number of phenols is 3. The van der Waals surface area contributed by atoms with Gasteiger partial charge in [0.25, 0.3) is 0 Å². The molecular formula is C21H32O4. The number of benzene rings is 1. The first kappa shape index (κ1) is 21.1. The highest BCUT2D eigenvalue weighted by atomic mass is 16.3. The first-order chi connectivity index (χ1) is 11.8. The number of aromatic hydroxyl groups is 3. The second-order valence-corrected chi connectivity index (χ2v) is 6.99. The fraction of sp³-hybridized carbons (Fsp3) is 0.571. The number of hydrogen-bond donors (Lipinski definition) is 3. The Morgan fingerprint density at radius 1 is 0.960 bits per heavy atom. The first-order valence-corrected chi connectivity index (χ1v) is 9.31. The molecule has 1 aromatic carbocycles. The van der Waals surface area contributed by atoms with Crippen molar-refractivity contribution in [2.75, 3.05) is 0 Å². The third-order valence-electron chi connectivity index (χ3n) is 4.56. The largest absolute Gasteiger partial charge is 0.507 e. The summed E-state index contributed by atoms with van der Waals surface area (Å²) in [5, 5.41) is 30.5. The molecule has 0 radical (unpaired) electrons. The molecular weight excluding hydrogens is 316 g/mol. The molecule has 0 unspecified atom stereocenters. The van der Waals surface area contributed by atoms with Gasteiger partial charge in [-0.15, -0.1) is 0 Å². The summed E-state index contributed by atoms with van der Waals surface area (Å²) in [6.07, 6.45) is 7.91. The van der Waals surface area contributed by atoms with Crippen molar-refractivity contribution in [1.29, 1.82) is 0 Å². The quantitative estimate of drug-likeness (QED) is 0.349. The molecule has 0 atom stereocenters. The van der Waals surface area contributed by atoms with Crippen LogP contribution in [0.5, 0.6) is 17.2 Å². The summed E-state index contributed by atoms with van der Waals surface area (Å²) in [6, 6.07) is 1.11. The van der Waals surface area contributed by atoms with E-state index < -0.39 is 0 Å². The van der Waals surface area contributed by atoms with E-state index in [0.29, 0.717) is 5.57 Å². The lowest BCUT2D eigenvalue weighted by atomic mass is 9.91. The molecule has 4 nitrogen and oxygen atoms in total. The highest BCUT2D eigenvalue weighted by molar-refractivity contribution is 6.03. The molecule has 3 N–H and O–H groups in total. The number of phenolic OH excluding ortho intramolecular Hbond substituents is 3. The Hall–Kier alpha value is -1.97. The Bertz CT molecular complexity index is 602. The van der Waals surface area contributed by atoms with Crippen molar-refractivity contribution >= 4 is 11.4 Å². The van der Waals surface area contributed by atoms with Gasteiger partial charge in [-0.05, 0) is 17.9 Å². The maximum absolute atomic E-state index is 12.4. The molecule has 25 heavy (non-hydrogen) atoms. The van der Waals surface area contributed by atoms with Gasteiger partial charge in [-0.1, -0.05) is 65.9 Å². The molecule has 0 amide bonds. The van der Waals surface area contributed by atoms with E-state index in [1.165, 1.54) is 25.7 Å². The van der Waals surface area contributed by atoms with Gasteiger partial charge < -0.3 is 15.3 Å². The molecule has 0 saturated carbocycles. The third-order valence-corrected chi connectivity index (χ3v) is 4.56. The van der Waals surface area contributed by atoms with E-state index in [4.69, 9.17) is 0 Å². The standard InChI is InChI=1S/C21H32O4/c1-5-6-7-8-9-10-11-12-16(22)20-18(24)13-17(23)19(21(20)25)15(4)14(2)3/h13-14,23-25H,4-12H2,1-3H3. The Labute approximate surface area is 151 Å². The van der Waals surface area contributed by atoms with Crippen molar-refractivity contribution in [2.45, 2.75) is 72.1 Å². The summed E-state index contributed by atoms with van der Waals surface area (Å²) in [4.78, 5) is 12.4. The maximum Gasteiger partial charge on any atom is 0.170 e. The zero-order valence-corrected chi connectivity index (χ0v) is 15.8. The number of carbonyl (C=O) groups excluding carboxylic acids is 1. The lowest BCUT2D eigenvalue weighted by molar-refractivity contribution is 0.0973. The number of carbonyl (C=O) groups is 1. The van der Waals surface area contributed by atoms with Gasteiger partial charge in [-0.2, -0.15) is 0 Å². The van der Waals surface area contributed by atoms with Gasteiger partial charge in [0, 0.05) is 12.5 Å². The molecule has 140 valence electrons. The monoisotopic (exact) mass is 348 g/mol. The zero-order chi connectivity index (χ0) is 19.0. The second kappa shape index (κ2) is 10.1. The number of hydrogen-bond acceptors (Lipinski definition) is 4. The highest BCUT2D eigenvalue weighted by Crippen LogP contribution is 2.43. The lowest BCUT2D eigenvalue weighted by Gasteiger charge is -2.17. The van der Waals surface area contributed by atoms with Gasteiger partial charge in [0.2, 0.25) is 0 Å². The summed E-state index contributed by atoms with van der Waals surface area (Å²) in [6.45, 7) is 9.82. The third kappa shape index (κ3) is 5.80. The average Bonchev–Trinajstić information content (AvgIpc) is 2.53. The molecule has 0 aromatic heterocycles. The molecule has 0 fully saturated rings. The Morgan fingerprint density at radius 3 is 2.04 bits per heavy atom. The number of unbranched alkanes of at least 4 members (excludes halogenated alkanes) is 6. The summed E-state index contributed by atoms with van der Waals surface area (Å²) in [7, 11) is 0.